The summed E-state index contributed by atoms with van der Waals surface area (Å²) in [5.74, 6) is -0.862. The second kappa shape index (κ2) is 8.83. The number of nitrogens with two attached hydrogens (primary N) is 1. The van der Waals surface area contributed by atoms with Gasteiger partial charge in [0, 0.05) is 23.7 Å². The Kier molecular flexibility index (Phi) is 6.15. The number of alkyl halides is 2. The van der Waals surface area contributed by atoms with Crippen molar-refractivity contribution in [3.05, 3.63) is 53.2 Å². The Morgan fingerprint density at radius 1 is 1.32 bits per heavy atom. The molecule has 1 fully saturated rings. The van der Waals surface area contributed by atoms with E-state index in [1.165, 1.54) is 30.1 Å². The van der Waals surface area contributed by atoms with Gasteiger partial charge in [-0.2, -0.15) is 0 Å². The number of aliphatic imine (C=N–C) groups is 1. The molecular weight excluding hydrogens is 433 g/mol. The Morgan fingerprint density at radius 2 is 2.16 bits per heavy atom. The number of carbonyl (C=O) groups excluding carboxylic acids is 1. The minimum Gasteiger partial charge on any atom is -0.445 e. The maximum atomic E-state index is 14.9. The summed E-state index contributed by atoms with van der Waals surface area (Å²) in [7, 11) is 0. The predicted octanol–water partition coefficient (Wildman–Crippen LogP) is 2.59. The van der Waals surface area contributed by atoms with E-state index in [9.17, 15) is 18.0 Å². The van der Waals surface area contributed by atoms with Crippen molar-refractivity contribution in [1.29, 1.82) is 0 Å². The van der Waals surface area contributed by atoms with Gasteiger partial charge >= 0.3 is 0 Å². The van der Waals surface area contributed by atoms with Gasteiger partial charge in [0.15, 0.2) is 11.0 Å². The highest BCUT2D eigenvalue weighted by atomic mass is 32.2. The summed E-state index contributed by atoms with van der Waals surface area (Å²) >= 11 is 1.29. The molecule has 2 N–H and O–H groups in total. The van der Waals surface area contributed by atoms with Crippen LogP contribution in [0.1, 0.15) is 21.6 Å². The van der Waals surface area contributed by atoms with Crippen LogP contribution < -0.4 is 10.5 Å². The molecule has 0 amide bonds. The first-order valence-electron chi connectivity index (χ1n) is 9.45. The molecule has 4 rings (SSSR count). The second-order valence-corrected chi connectivity index (χ2v) is 8.24. The number of rotatable bonds is 7. The number of ketones is 1. The van der Waals surface area contributed by atoms with Crippen LogP contribution in [0.15, 0.2) is 35.6 Å². The van der Waals surface area contributed by atoms with Crippen molar-refractivity contribution in [3.8, 4) is 5.88 Å². The van der Waals surface area contributed by atoms with E-state index in [1.807, 2.05) is 0 Å². The van der Waals surface area contributed by atoms with Gasteiger partial charge in [-0.25, -0.2) is 28.1 Å². The number of halogens is 3. The Morgan fingerprint density at radius 3 is 2.87 bits per heavy atom. The lowest BCUT2D eigenvalue weighted by molar-refractivity contribution is 0.0721. The average molecular weight is 452 g/mol. The molecule has 0 aliphatic carbocycles. The molecule has 0 bridgehead atoms. The van der Waals surface area contributed by atoms with Gasteiger partial charge in [-0.05, 0) is 17.7 Å². The predicted molar refractivity (Wildman–Crippen MR) is 108 cm³/mol. The number of carbonyl (C=O) groups is 1. The molecule has 3 atom stereocenters. The summed E-state index contributed by atoms with van der Waals surface area (Å²) in [5, 5.41) is 0.283. The van der Waals surface area contributed by atoms with E-state index in [-0.39, 0.29) is 47.0 Å². The monoisotopic (exact) mass is 452 g/mol. The summed E-state index contributed by atoms with van der Waals surface area (Å²) in [4.78, 5) is 24.8. The molecule has 0 saturated carbocycles. The molecule has 2 aliphatic rings. The molecule has 3 heterocycles. The molecule has 1 saturated heterocycles. The first-order valence-corrected chi connectivity index (χ1v) is 10.4. The third-order valence-electron chi connectivity index (χ3n) is 5.43. The first-order chi connectivity index (χ1) is 15.0. The molecular formula is C20H19F3N4O3S. The van der Waals surface area contributed by atoms with Crippen molar-refractivity contribution in [3.63, 3.8) is 0 Å². The quantitative estimate of drug-likeness (QED) is 0.645. The fourth-order valence-corrected chi connectivity index (χ4v) is 4.97. The van der Waals surface area contributed by atoms with Gasteiger partial charge in [0.05, 0.1) is 25.1 Å². The summed E-state index contributed by atoms with van der Waals surface area (Å²) in [6.07, 6.45) is 1.56. The zero-order chi connectivity index (χ0) is 22.0. The molecule has 2 aliphatic heterocycles. The van der Waals surface area contributed by atoms with Crippen LogP contribution in [-0.4, -0.2) is 52.9 Å². The number of hydrogen-bond donors (Lipinski definition) is 1. The fourth-order valence-electron chi connectivity index (χ4n) is 3.90. The molecule has 31 heavy (non-hydrogen) atoms. The normalized spacial score (nSPS) is 25.1. The largest absolute Gasteiger partial charge is 0.445 e. The summed E-state index contributed by atoms with van der Waals surface area (Å²) in [6, 6.07) is 4.29. The van der Waals surface area contributed by atoms with Gasteiger partial charge in [0.25, 0.3) is 0 Å². The van der Waals surface area contributed by atoms with E-state index in [0.29, 0.717) is 11.3 Å². The highest BCUT2D eigenvalue weighted by molar-refractivity contribution is 8.13. The number of aromatic nitrogens is 2. The lowest BCUT2D eigenvalue weighted by Crippen LogP contribution is -2.42. The van der Waals surface area contributed by atoms with Crippen molar-refractivity contribution in [1.82, 2.24) is 9.97 Å². The topological polar surface area (TPSA) is 99.7 Å². The number of ether oxygens (including phenoxy) is 2. The van der Waals surface area contributed by atoms with E-state index >= 15 is 0 Å². The van der Waals surface area contributed by atoms with Crippen molar-refractivity contribution in [2.45, 2.75) is 18.1 Å². The van der Waals surface area contributed by atoms with E-state index in [2.05, 4.69) is 19.7 Å². The van der Waals surface area contributed by atoms with E-state index in [1.54, 1.807) is 6.07 Å². The average Bonchev–Trinajstić information content (AvgIpc) is 3.14. The molecule has 0 unspecified atom stereocenters. The Labute approximate surface area is 180 Å². The lowest BCUT2D eigenvalue weighted by Gasteiger charge is -2.35. The number of fused-ring (bicyclic) bond motifs is 1. The third kappa shape index (κ3) is 4.11. The molecule has 7 nitrogen and oxygen atoms in total. The van der Waals surface area contributed by atoms with Crippen LogP contribution in [-0.2, 0) is 16.7 Å². The molecule has 2 aromatic rings. The Balaban J connectivity index is 1.63. The van der Waals surface area contributed by atoms with Crippen molar-refractivity contribution < 1.29 is 27.4 Å². The highest BCUT2D eigenvalue weighted by Gasteiger charge is 2.54. The number of amidine groups is 1. The van der Waals surface area contributed by atoms with E-state index in [0.717, 1.165) is 6.20 Å². The van der Waals surface area contributed by atoms with Crippen LogP contribution in [0.3, 0.4) is 0 Å². The number of thioether (sulfide) groups is 1. The molecule has 1 aromatic heterocycles. The van der Waals surface area contributed by atoms with E-state index < -0.39 is 31.0 Å². The summed E-state index contributed by atoms with van der Waals surface area (Å²) in [6.45, 7) is -1.76. The Bertz CT molecular complexity index is 1010. The summed E-state index contributed by atoms with van der Waals surface area (Å²) in [5.41, 5.74) is 5.59. The SMILES string of the molecule is NC1=N[C@@]2(c3cc(CC(=O)c4cnc(OCF)cn4)ccc3F)CO[C@H](CF)[C@H]2CS1. The highest BCUT2D eigenvalue weighted by Crippen LogP contribution is 2.48. The van der Waals surface area contributed by atoms with Gasteiger partial charge in [-0.15, -0.1) is 0 Å². The minimum atomic E-state index is -1.14. The zero-order valence-corrected chi connectivity index (χ0v) is 17.1. The molecule has 0 radical (unpaired) electrons. The van der Waals surface area contributed by atoms with Crippen LogP contribution in [0, 0.1) is 11.7 Å². The van der Waals surface area contributed by atoms with Crippen molar-refractivity contribution >= 4 is 22.7 Å². The number of Topliss-reactive ketones (excluding diaryl/α,β-unsaturated/α-hetero) is 1. The van der Waals surface area contributed by atoms with Gasteiger partial charge in [-0.3, -0.25) is 4.79 Å². The van der Waals surface area contributed by atoms with Crippen molar-refractivity contribution in [2.75, 3.05) is 25.9 Å². The van der Waals surface area contributed by atoms with Crippen LogP contribution in [0.5, 0.6) is 5.88 Å². The van der Waals surface area contributed by atoms with Gasteiger partial charge in [0.1, 0.15) is 23.7 Å². The molecule has 164 valence electrons. The van der Waals surface area contributed by atoms with E-state index in [4.69, 9.17) is 10.5 Å². The standard InChI is InChI=1S/C20H19F3N4O3S/c21-5-17-13-8-31-19(24)27-20(13,9-29-17)12-3-11(1-2-14(12)23)4-16(28)15-6-26-18(7-25-15)30-10-22/h1-3,6-7,13,17H,4-5,8-10H2,(H2,24,27)/t13-,17-,20-/m1/s1. The third-order valence-corrected chi connectivity index (χ3v) is 6.34. The van der Waals surface area contributed by atoms with Gasteiger partial charge < -0.3 is 15.2 Å². The van der Waals surface area contributed by atoms with Crippen LogP contribution in [0.25, 0.3) is 0 Å². The maximum absolute atomic E-state index is 14.9. The van der Waals surface area contributed by atoms with Crippen LogP contribution in [0.4, 0.5) is 13.2 Å². The number of benzene rings is 1. The molecule has 1 aromatic carbocycles. The van der Waals surface area contributed by atoms with Gasteiger partial charge in [-0.1, -0.05) is 17.8 Å². The van der Waals surface area contributed by atoms with Crippen LogP contribution >= 0.6 is 11.8 Å². The lowest BCUT2D eigenvalue weighted by atomic mass is 9.78. The zero-order valence-electron chi connectivity index (χ0n) is 16.3. The fraction of sp³-hybridized carbons (Fsp3) is 0.400. The summed E-state index contributed by atoms with van der Waals surface area (Å²) < 4.78 is 50.7. The smallest absolute Gasteiger partial charge is 0.234 e. The van der Waals surface area contributed by atoms with Crippen molar-refractivity contribution in [2.24, 2.45) is 16.6 Å². The maximum Gasteiger partial charge on any atom is 0.234 e. The number of hydrogen-bond acceptors (Lipinski definition) is 8. The Hall–Kier alpha value is -2.66. The second-order valence-electron chi connectivity index (χ2n) is 7.20. The number of nitrogens with zero attached hydrogens (tertiary/aromatic N) is 3. The molecule has 11 heteroatoms. The first kappa shape index (κ1) is 21.6. The minimum absolute atomic E-state index is 0.00332. The van der Waals surface area contributed by atoms with Crippen LogP contribution in [0.2, 0.25) is 0 Å². The van der Waals surface area contributed by atoms with Gasteiger partial charge in [0.2, 0.25) is 12.7 Å². The molecule has 0 spiro atoms.